The van der Waals surface area contributed by atoms with Crippen LogP contribution < -0.4 is 10.6 Å². The van der Waals surface area contributed by atoms with Gasteiger partial charge in [-0.05, 0) is 19.8 Å². The van der Waals surface area contributed by atoms with Crippen LogP contribution in [0.5, 0.6) is 0 Å². The Hall–Kier alpha value is -1.23. The minimum atomic E-state index is 0.306. The third-order valence-electron chi connectivity index (χ3n) is 2.49. The Morgan fingerprint density at radius 3 is 2.93 bits per heavy atom. The van der Waals surface area contributed by atoms with Crippen LogP contribution in [0.3, 0.4) is 0 Å². The predicted octanol–water partition coefficient (Wildman–Crippen LogP) is 0.188. The number of aromatic nitrogens is 3. The Labute approximate surface area is 83.3 Å². The van der Waals surface area contributed by atoms with Crippen LogP contribution in [0, 0.1) is 0 Å². The second-order valence-corrected chi connectivity index (χ2v) is 3.69. The highest BCUT2D eigenvalue weighted by Gasteiger charge is 2.32. The van der Waals surface area contributed by atoms with E-state index in [0.29, 0.717) is 18.6 Å². The third kappa shape index (κ3) is 1.82. The van der Waals surface area contributed by atoms with Gasteiger partial charge in [0.15, 0.2) is 5.82 Å². The molecule has 0 radical (unpaired) electrons. The number of hydrogen-bond donors (Lipinski definition) is 1. The van der Waals surface area contributed by atoms with Crippen molar-refractivity contribution >= 4 is 5.82 Å². The molecule has 0 saturated heterocycles. The van der Waals surface area contributed by atoms with Crippen LogP contribution in [0.1, 0.15) is 19.8 Å². The zero-order chi connectivity index (χ0) is 9.97. The van der Waals surface area contributed by atoms with Crippen molar-refractivity contribution in [1.29, 1.82) is 0 Å². The summed E-state index contributed by atoms with van der Waals surface area (Å²) in [5, 5.41) is 7.86. The summed E-state index contributed by atoms with van der Waals surface area (Å²) in [7, 11) is 0. The number of anilines is 1. The molecule has 1 fully saturated rings. The molecule has 1 aromatic heterocycles. The van der Waals surface area contributed by atoms with Crippen molar-refractivity contribution in [3.8, 4) is 0 Å². The standard InChI is InChI=1S/C9H15N5/c1-7(4-10)14(8-2-3-8)9-5-11-6-12-13-9/h5-8H,2-4,10H2,1H3. The fourth-order valence-corrected chi connectivity index (χ4v) is 1.60. The van der Waals surface area contributed by atoms with Gasteiger partial charge < -0.3 is 10.6 Å². The lowest BCUT2D eigenvalue weighted by Crippen LogP contribution is -2.40. The molecule has 76 valence electrons. The topological polar surface area (TPSA) is 67.9 Å². The summed E-state index contributed by atoms with van der Waals surface area (Å²) in [5.74, 6) is 0.841. The average molecular weight is 193 g/mol. The highest BCUT2D eigenvalue weighted by atomic mass is 15.3. The van der Waals surface area contributed by atoms with Crippen LogP contribution in [0.4, 0.5) is 5.82 Å². The van der Waals surface area contributed by atoms with Gasteiger partial charge >= 0.3 is 0 Å². The molecule has 14 heavy (non-hydrogen) atoms. The van der Waals surface area contributed by atoms with Crippen molar-refractivity contribution in [1.82, 2.24) is 15.2 Å². The molecular weight excluding hydrogens is 178 g/mol. The minimum Gasteiger partial charge on any atom is -0.347 e. The normalized spacial score (nSPS) is 17.9. The minimum absolute atomic E-state index is 0.306. The second-order valence-electron chi connectivity index (χ2n) is 3.69. The molecule has 0 aromatic carbocycles. The van der Waals surface area contributed by atoms with E-state index in [1.54, 1.807) is 6.20 Å². The van der Waals surface area contributed by atoms with Gasteiger partial charge in [0.1, 0.15) is 6.33 Å². The van der Waals surface area contributed by atoms with Gasteiger partial charge in [-0.25, -0.2) is 4.98 Å². The molecule has 0 amide bonds. The third-order valence-corrected chi connectivity index (χ3v) is 2.49. The van der Waals surface area contributed by atoms with E-state index >= 15 is 0 Å². The summed E-state index contributed by atoms with van der Waals surface area (Å²) >= 11 is 0. The molecule has 0 spiro atoms. The van der Waals surface area contributed by atoms with E-state index in [0.717, 1.165) is 5.82 Å². The molecule has 1 atom stereocenters. The molecule has 5 nitrogen and oxygen atoms in total. The van der Waals surface area contributed by atoms with Crippen LogP contribution in [-0.4, -0.2) is 33.8 Å². The molecule has 0 aliphatic heterocycles. The molecule has 1 aliphatic rings. The lowest BCUT2D eigenvalue weighted by atomic mass is 10.3. The first-order chi connectivity index (χ1) is 6.83. The molecule has 1 saturated carbocycles. The summed E-state index contributed by atoms with van der Waals surface area (Å²) in [6.07, 6.45) is 5.64. The summed E-state index contributed by atoms with van der Waals surface area (Å²) in [4.78, 5) is 6.20. The molecule has 2 rings (SSSR count). The zero-order valence-electron chi connectivity index (χ0n) is 8.30. The summed E-state index contributed by atoms with van der Waals surface area (Å²) in [5.41, 5.74) is 5.67. The Bertz CT molecular complexity index is 285. The van der Waals surface area contributed by atoms with Crippen molar-refractivity contribution in [2.45, 2.75) is 31.8 Å². The Balaban J connectivity index is 2.18. The molecule has 5 heteroatoms. The fraction of sp³-hybridized carbons (Fsp3) is 0.667. The van der Waals surface area contributed by atoms with Crippen LogP contribution in [0.15, 0.2) is 12.5 Å². The van der Waals surface area contributed by atoms with E-state index in [9.17, 15) is 0 Å². The van der Waals surface area contributed by atoms with Crippen molar-refractivity contribution in [3.63, 3.8) is 0 Å². The summed E-state index contributed by atoms with van der Waals surface area (Å²) in [6.45, 7) is 2.74. The number of nitrogens with zero attached hydrogens (tertiary/aromatic N) is 4. The van der Waals surface area contributed by atoms with E-state index in [1.165, 1.54) is 19.2 Å². The van der Waals surface area contributed by atoms with E-state index in [-0.39, 0.29) is 0 Å². The smallest absolute Gasteiger partial charge is 0.170 e. The highest BCUT2D eigenvalue weighted by Crippen LogP contribution is 2.31. The van der Waals surface area contributed by atoms with E-state index in [4.69, 9.17) is 5.73 Å². The van der Waals surface area contributed by atoms with Gasteiger partial charge in [0, 0.05) is 18.6 Å². The molecule has 1 aliphatic carbocycles. The Morgan fingerprint density at radius 1 is 1.64 bits per heavy atom. The fourth-order valence-electron chi connectivity index (χ4n) is 1.60. The highest BCUT2D eigenvalue weighted by molar-refractivity contribution is 5.39. The lowest BCUT2D eigenvalue weighted by Gasteiger charge is -2.28. The first-order valence-corrected chi connectivity index (χ1v) is 4.94. The molecule has 2 N–H and O–H groups in total. The van der Waals surface area contributed by atoms with Gasteiger partial charge in [0.2, 0.25) is 0 Å². The first kappa shape index (κ1) is 9.33. The van der Waals surface area contributed by atoms with Crippen molar-refractivity contribution in [3.05, 3.63) is 12.5 Å². The van der Waals surface area contributed by atoms with Gasteiger partial charge in [-0.2, -0.15) is 0 Å². The van der Waals surface area contributed by atoms with Crippen LogP contribution >= 0.6 is 0 Å². The average Bonchev–Trinajstić information content (AvgIpc) is 3.04. The molecule has 1 aromatic rings. The van der Waals surface area contributed by atoms with Gasteiger partial charge in [0.05, 0.1) is 6.20 Å². The quantitative estimate of drug-likeness (QED) is 0.739. The molecule has 1 heterocycles. The predicted molar refractivity (Wildman–Crippen MR) is 53.8 cm³/mol. The largest absolute Gasteiger partial charge is 0.347 e. The van der Waals surface area contributed by atoms with Crippen LogP contribution in [0.2, 0.25) is 0 Å². The maximum absolute atomic E-state index is 5.67. The van der Waals surface area contributed by atoms with Gasteiger partial charge in [0.25, 0.3) is 0 Å². The van der Waals surface area contributed by atoms with Crippen LogP contribution in [-0.2, 0) is 0 Å². The van der Waals surface area contributed by atoms with Crippen LogP contribution in [0.25, 0.3) is 0 Å². The molecule has 1 unspecified atom stereocenters. The molecule has 0 bridgehead atoms. The first-order valence-electron chi connectivity index (χ1n) is 4.94. The van der Waals surface area contributed by atoms with E-state index in [1.807, 2.05) is 0 Å². The molecular formula is C9H15N5. The summed E-state index contributed by atoms with van der Waals surface area (Å²) < 4.78 is 0. The Morgan fingerprint density at radius 2 is 2.43 bits per heavy atom. The maximum atomic E-state index is 5.67. The van der Waals surface area contributed by atoms with E-state index in [2.05, 4.69) is 27.0 Å². The van der Waals surface area contributed by atoms with Gasteiger partial charge in [-0.1, -0.05) is 0 Å². The van der Waals surface area contributed by atoms with Crippen molar-refractivity contribution < 1.29 is 0 Å². The van der Waals surface area contributed by atoms with Crippen molar-refractivity contribution in [2.24, 2.45) is 5.73 Å². The summed E-state index contributed by atoms with van der Waals surface area (Å²) in [6, 6.07) is 0.896. The number of hydrogen-bond acceptors (Lipinski definition) is 5. The lowest BCUT2D eigenvalue weighted by molar-refractivity contribution is 0.622. The zero-order valence-corrected chi connectivity index (χ0v) is 8.30. The Kier molecular flexibility index (Phi) is 2.58. The maximum Gasteiger partial charge on any atom is 0.170 e. The number of nitrogens with two attached hydrogens (primary N) is 1. The second kappa shape index (κ2) is 3.88. The van der Waals surface area contributed by atoms with E-state index < -0.39 is 0 Å². The van der Waals surface area contributed by atoms with Crippen molar-refractivity contribution in [2.75, 3.05) is 11.4 Å². The number of rotatable bonds is 4. The SMILES string of the molecule is CC(CN)N(c1cncnn1)C1CC1. The van der Waals surface area contributed by atoms with Gasteiger partial charge in [-0.3, -0.25) is 0 Å². The monoisotopic (exact) mass is 193 g/mol. The van der Waals surface area contributed by atoms with Gasteiger partial charge in [-0.15, -0.1) is 10.2 Å².